The second kappa shape index (κ2) is 9.25. The predicted molar refractivity (Wildman–Crippen MR) is 105 cm³/mol. The van der Waals surface area contributed by atoms with Crippen molar-refractivity contribution in [2.24, 2.45) is 0 Å². The lowest BCUT2D eigenvalue weighted by molar-refractivity contribution is -0.117. The van der Waals surface area contributed by atoms with E-state index in [0.29, 0.717) is 6.54 Å². The van der Waals surface area contributed by atoms with Crippen molar-refractivity contribution in [3.63, 3.8) is 0 Å². The van der Waals surface area contributed by atoms with Crippen molar-refractivity contribution in [3.8, 4) is 11.5 Å². The van der Waals surface area contributed by atoms with Gasteiger partial charge in [0.1, 0.15) is 0 Å². The van der Waals surface area contributed by atoms with Crippen LogP contribution < -0.4 is 14.8 Å². The number of aryl methyl sites for hydroxylation is 2. The third-order valence-corrected chi connectivity index (χ3v) is 4.39. The highest BCUT2D eigenvalue weighted by Gasteiger charge is 2.11. The normalized spacial score (nSPS) is 10.7. The van der Waals surface area contributed by atoms with Gasteiger partial charge in [0.15, 0.2) is 11.5 Å². The molecule has 0 unspecified atom stereocenters. The highest BCUT2D eigenvalue weighted by atomic mass is 16.5. The van der Waals surface area contributed by atoms with Crippen LogP contribution in [-0.2, 0) is 11.2 Å². The van der Waals surface area contributed by atoms with E-state index >= 15 is 0 Å². The molecule has 0 heterocycles. The SMILES string of the molecule is COc1ccc(CCN(C)CC(=O)Nc2c(C)cccc2C)cc1OC. The van der Waals surface area contributed by atoms with Crippen LogP contribution in [-0.4, -0.2) is 45.2 Å². The number of amides is 1. The van der Waals surface area contributed by atoms with Crippen molar-refractivity contribution in [1.29, 1.82) is 0 Å². The first-order valence-corrected chi connectivity index (χ1v) is 8.70. The van der Waals surface area contributed by atoms with Gasteiger partial charge in [-0.25, -0.2) is 0 Å². The van der Waals surface area contributed by atoms with E-state index in [-0.39, 0.29) is 5.91 Å². The molecule has 1 N–H and O–H groups in total. The molecule has 2 rings (SSSR count). The molecule has 140 valence electrons. The van der Waals surface area contributed by atoms with E-state index in [1.807, 2.05) is 62.2 Å². The van der Waals surface area contributed by atoms with Crippen LogP contribution in [0.15, 0.2) is 36.4 Å². The fourth-order valence-electron chi connectivity index (χ4n) is 2.87. The molecule has 0 saturated heterocycles. The summed E-state index contributed by atoms with van der Waals surface area (Å²) in [7, 11) is 5.21. The van der Waals surface area contributed by atoms with Crippen LogP contribution >= 0.6 is 0 Å². The summed E-state index contributed by atoms with van der Waals surface area (Å²) >= 11 is 0. The van der Waals surface area contributed by atoms with E-state index in [2.05, 4.69) is 5.32 Å². The lowest BCUT2D eigenvalue weighted by Gasteiger charge is -2.18. The second-order valence-corrected chi connectivity index (χ2v) is 6.49. The number of carbonyl (C=O) groups excluding carboxylic acids is 1. The monoisotopic (exact) mass is 356 g/mol. The van der Waals surface area contributed by atoms with Crippen LogP contribution in [0.5, 0.6) is 11.5 Å². The molecule has 5 heteroatoms. The second-order valence-electron chi connectivity index (χ2n) is 6.49. The Morgan fingerprint density at radius 3 is 2.31 bits per heavy atom. The number of para-hydroxylation sites is 1. The Labute approximate surface area is 155 Å². The van der Waals surface area contributed by atoms with Crippen LogP contribution in [0.25, 0.3) is 0 Å². The Morgan fingerprint density at radius 2 is 1.69 bits per heavy atom. The number of likely N-dealkylation sites (N-methyl/N-ethyl adjacent to an activating group) is 1. The van der Waals surface area contributed by atoms with Crippen molar-refractivity contribution >= 4 is 11.6 Å². The summed E-state index contributed by atoms with van der Waals surface area (Å²) in [5, 5.41) is 3.02. The Kier molecular flexibility index (Phi) is 7.04. The number of anilines is 1. The number of rotatable bonds is 8. The highest BCUT2D eigenvalue weighted by molar-refractivity contribution is 5.93. The van der Waals surface area contributed by atoms with Crippen molar-refractivity contribution in [2.75, 3.05) is 39.7 Å². The standard InChI is InChI=1S/C21H28N2O3/c1-15-7-6-8-16(2)21(15)22-20(24)14-23(3)12-11-17-9-10-18(25-4)19(13-17)26-5/h6-10,13H,11-12,14H2,1-5H3,(H,22,24). The summed E-state index contributed by atoms with van der Waals surface area (Å²) < 4.78 is 10.6. The van der Waals surface area contributed by atoms with Crippen LogP contribution in [0, 0.1) is 13.8 Å². The largest absolute Gasteiger partial charge is 0.493 e. The molecule has 26 heavy (non-hydrogen) atoms. The van der Waals surface area contributed by atoms with Gasteiger partial charge in [-0.1, -0.05) is 24.3 Å². The van der Waals surface area contributed by atoms with Crippen LogP contribution in [0.4, 0.5) is 5.69 Å². The molecule has 0 aliphatic carbocycles. The summed E-state index contributed by atoms with van der Waals surface area (Å²) in [4.78, 5) is 14.3. The lowest BCUT2D eigenvalue weighted by atomic mass is 10.1. The van der Waals surface area contributed by atoms with Crippen molar-refractivity contribution in [2.45, 2.75) is 20.3 Å². The molecule has 5 nitrogen and oxygen atoms in total. The number of hydrogen-bond donors (Lipinski definition) is 1. The summed E-state index contributed by atoms with van der Waals surface area (Å²) in [6.45, 7) is 5.13. The van der Waals surface area contributed by atoms with Gasteiger partial charge in [0.05, 0.1) is 20.8 Å². The fraction of sp³-hybridized carbons (Fsp3) is 0.381. The summed E-state index contributed by atoms with van der Waals surface area (Å²) in [6, 6.07) is 11.9. The maximum absolute atomic E-state index is 12.3. The Hall–Kier alpha value is -2.53. The predicted octanol–water partition coefficient (Wildman–Crippen LogP) is 3.43. The zero-order chi connectivity index (χ0) is 19.1. The van der Waals surface area contributed by atoms with Crippen molar-refractivity contribution in [1.82, 2.24) is 4.90 Å². The Bertz CT molecular complexity index is 739. The Morgan fingerprint density at radius 1 is 1.04 bits per heavy atom. The minimum absolute atomic E-state index is 0.00258. The van der Waals surface area contributed by atoms with Gasteiger partial charge >= 0.3 is 0 Å². The number of carbonyl (C=O) groups is 1. The molecule has 0 radical (unpaired) electrons. The zero-order valence-electron chi connectivity index (χ0n) is 16.3. The molecule has 1 amide bonds. The quantitative estimate of drug-likeness (QED) is 0.787. The third kappa shape index (κ3) is 5.23. The third-order valence-electron chi connectivity index (χ3n) is 4.39. The van der Waals surface area contributed by atoms with E-state index in [4.69, 9.17) is 9.47 Å². The van der Waals surface area contributed by atoms with E-state index < -0.39 is 0 Å². The van der Waals surface area contributed by atoms with E-state index in [9.17, 15) is 4.79 Å². The summed E-state index contributed by atoms with van der Waals surface area (Å²) in [6.07, 6.45) is 0.827. The van der Waals surface area contributed by atoms with Crippen molar-refractivity contribution < 1.29 is 14.3 Å². The maximum atomic E-state index is 12.3. The minimum atomic E-state index is -0.00258. The maximum Gasteiger partial charge on any atom is 0.238 e. The number of nitrogens with zero attached hydrogens (tertiary/aromatic N) is 1. The number of hydrogen-bond acceptors (Lipinski definition) is 4. The van der Waals surface area contributed by atoms with Crippen LogP contribution in [0.2, 0.25) is 0 Å². The van der Waals surface area contributed by atoms with Gasteiger partial charge in [-0.3, -0.25) is 9.69 Å². The van der Waals surface area contributed by atoms with Gasteiger partial charge < -0.3 is 14.8 Å². The average Bonchev–Trinajstić information content (AvgIpc) is 2.62. The Balaban J connectivity index is 1.88. The van der Waals surface area contributed by atoms with Gasteiger partial charge in [-0.05, 0) is 56.1 Å². The number of ether oxygens (including phenoxy) is 2. The van der Waals surface area contributed by atoms with Gasteiger partial charge in [0.2, 0.25) is 5.91 Å². The first kappa shape index (κ1) is 19.8. The molecule has 0 aliphatic heterocycles. The number of benzene rings is 2. The molecular formula is C21H28N2O3. The molecule has 0 bridgehead atoms. The highest BCUT2D eigenvalue weighted by Crippen LogP contribution is 2.27. The summed E-state index contributed by atoms with van der Waals surface area (Å²) in [5.41, 5.74) is 4.20. The molecule has 0 atom stereocenters. The number of nitrogens with one attached hydrogen (secondary N) is 1. The molecule has 0 spiro atoms. The molecule has 2 aromatic carbocycles. The average molecular weight is 356 g/mol. The first-order valence-electron chi connectivity index (χ1n) is 8.70. The minimum Gasteiger partial charge on any atom is -0.493 e. The smallest absolute Gasteiger partial charge is 0.238 e. The van der Waals surface area contributed by atoms with E-state index in [1.54, 1.807) is 14.2 Å². The van der Waals surface area contributed by atoms with E-state index in [0.717, 1.165) is 46.8 Å². The molecular weight excluding hydrogens is 328 g/mol. The van der Waals surface area contributed by atoms with Gasteiger partial charge in [-0.2, -0.15) is 0 Å². The molecule has 0 aliphatic rings. The van der Waals surface area contributed by atoms with Gasteiger partial charge in [0, 0.05) is 12.2 Å². The molecule has 2 aromatic rings. The molecule has 0 fully saturated rings. The van der Waals surface area contributed by atoms with Gasteiger partial charge in [0.25, 0.3) is 0 Å². The zero-order valence-corrected chi connectivity index (χ0v) is 16.3. The fourth-order valence-corrected chi connectivity index (χ4v) is 2.87. The van der Waals surface area contributed by atoms with Gasteiger partial charge in [-0.15, -0.1) is 0 Å². The molecule has 0 saturated carbocycles. The number of methoxy groups -OCH3 is 2. The van der Waals surface area contributed by atoms with Crippen LogP contribution in [0.1, 0.15) is 16.7 Å². The van der Waals surface area contributed by atoms with Crippen molar-refractivity contribution in [3.05, 3.63) is 53.1 Å². The molecule has 0 aromatic heterocycles. The summed E-state index contributed by atoms with van der Waals surface area (Å²) in [5.74, 6) is 1.44. The lowest BCUT2D eigenvalue weighted by Crippen LogP contribution is -2.32. The van der Waals surface area contributed by atoms with Crippen LogP contribution in [0.3, 0.4) is 0 Å². The van der Waals surface area contributed by atoms with E-state index in [1.165, 1.54) is 0 Å². The topological polar surface area (TPSA) is 50.8 Å². The first-order chi connectivity index (χ1) is 12.4.